The quantitative estimate of drug-likeness (QED) is 0.839. The van der Waals surface area contributed by atoms with Crippen LogP contribution in [0.1, 0.15) is 12.0 Å². The highest BCUT2D eigenvalue weighted by atomic mass is 16.5. The molecular weight excluding hydrogens is 272 g/mol. The summed E-state index contributed by atoms with van der Waals surface area (Å²) >= 11 is 0. The van der Waals surface area contributed by atoms with Gasteiger partial charge in [-0.3, -0.25) is 9.59 Å². The second-order valence-corrected chi connectivity index (χ2v) is 5.11. The predicted octanol–water partition coefficient (Wildman–Crippen LogP) is 0.791. The molecule has 1 amide bonds. The number of carbonyl (C=O) groups excluding carboxylic acids is 1. The molecule has 1 fully saturated rings. The number of hydrogen-bond acceptors (Lipinski definition) is 4. The number of rotatable bonds is 5. The molecule has 2 N–H and O–H groups in total. The summed E-state index contributed by atoms with van der Waals surface area (Å²) in [7, 11) is 0. The number of amides is 1. The minimum Gasteiger partial charge on any atom is -0.480 e. The Morgan fingerprint density at radius 3 is 2.67 bits per heavy atom. The summed E-state index contributed by atoms with van der Waals surface area (Å²) in [5.74, 6) is -1.28. The fourth-order valence-corrected chi connectivity index (χ4v) is 2.24. The number of carboxylic acids is 1. The smallest absolute Gasteiger partial charge is 0.323 e. The number of anilines is 1. The van der Waals surface area contributed by atoms with Gasteiger partial charge in [0, 0.05) is 18.8 Å². The Labute approximate surface area is 123 Å². The average Bonchev–Trinajstić information content (AvgIpc) is 2.46. The molecule has 1 saturated heterocycles. The van der Waals surface area contributed by atoms with Gasteiger partial charge in [-0.25, -0.2) is 0 Å². The first-order chi connectivity index (χ1) is 10.1. The highest BCUT2D eigenvalue weighted by Crippen LogP contribution is 2.17. The van der Waals surface area contributed by atoms with E-state index in [2.05, 4.69) is 5.32 Å². The van der Waals surface area contributed by atoms with Crippen LogP contribution in [0.25, 0.3) is 0 Å². The molecule has 114 valence electrons. The lowest BCUT2D eigenvalue weighted by Crippen LogP contribution is -2.43. The summed E-state index contributed by atoms with van der Waals surface area (Å²) in [6, 6.07) is 7.23. The van der Waals surface area contributed by atoms with Gasteiger partial charge in [0.25, 0.3) is 0 Å². The predicted molar refractivity (Wildman–Crippen MR) is 78.4 cm³/mol. The van der Waals surface area contributed by atoms with Gasteiger partial charge in [0.2, 0.25) is 5.91 Å². The molecule has 0 spiro atoms. The van der Waals surface area contributed by atoms with Crippen LogP contribution in [0.3, 0.4) is 0 Å². The lowest BCUT2D eigenvalue weighted by Gasteiger charge is -2.27. The summed E-state index contributed by atoms with van der Waals surface area (Å²) < 4.78 is 5.50. The molecule has 0 aromatic heterocycles. The molecule has 1 aliphatic heterocycles. The van der Waals surface area contributed by atoms with Crippen LogP contribution in [-0.2, 0) is 14.3 Å². The molecule has 0 saturated carbocycles. The largest absolute Gasteiger partial charge is 0.480 e. The monoisotopic (exact) mass is 292 g/mol. The van der Waals surface area contributed by atoms with E-state index >= 15 is 0 Å². The standard InChI is InChI=1S/C15H20N2O4/c1-11-2-4-12(5-3-11)17(10-15(19)20)14(18)8-13-9-16-6-7-21-13/h2-5,13,16H,6-10H2,1H3,(H,19,20). The van der Waals surface area contributed by atoms with E-state index in [1.165, 1.54) is 4.90 Å². The lowest BCUT2D eigenvalue weighted by molar-refractivity contribution is -0.137. The van der Waals surface area contributed by atoms with Gasteiger partial charge in [-0.2, -0.15) is 0 Å². The van der Waals surface area contributed by atoms with Crippen LogP contribution in [0.5, 0.6) is 0 Å². The van der Waals surface area contributed by atoms with E-state index in [0.29, 0.717) is 18.8 Å². The molecule has 0 aliphatic carbocycles. The summed E-state index contributed by atoms with van der Waals surface area (Å²) in [5, 5.41) is 12.2. The zero-order valence-corrected chi connectivity index (χ0v) is 12.0. The minimum absolute atomic E-state index is 0.175. The number of aliphatic carboxylic acids is 1. The van der Waals surface area contributed by atoms with Crippen LogP contribution in [-0.4, -0.2) is 49.3 Å². The molecule has 1 aliphatic rings. The molecule has 1 atom stereocenters. The van der Waals surface area contributed by atoms with Crippen molar-refractivity contribution in [2.45, 2.75) is 19.4 Å². The normalized spacial score (nSPS) is 18.2. The summed E-state index contributed by atoms with van der Waals surface area (Å²) in [6.45, 7) is 3.56. The number of ether oxygens (including phenoxy) is 1. The Bertz CT molecular complexity index is 495. The molecule has 2 rings (SSSR count). The molecule has 1 aromatic rings. The van der Waals surface area contributed by atoms with Gasteiger partial charge in [0.05, 0.1) is 19.1 Å². The van der Waals surface area contributed by atoms with Gasteiger partial charge in [0.15, 0.2) is 0 Å². The Morgan fingerprint density at radius 2 is 2.10 bits per heavy atom. The number of carbonyl (C=O) groups is 2. The Balaban J connectivity index is 2.08. The van der Waals surface area contributed by atoms with Crippen molar-refractivity contribution < 1.29 is 19.4 Å². The summed E-state index contributed by atoms with van der Waals surface area (Å²) in [5.41, 5.74) is 1.65. The fraction of sp³-hybridized carbons (Fsp3) is 0.467. The van der Waals surface area contributed by atoms with E-state index in [9.17, 15) is 9.59 Å². The van der Waals surface area contributed by atoms with Crippen LogP contribution < -0.4 is 10.2 Å². The van der Waals surface area contributed by atoms with Crippen LogP contribution in [0.15, 0.2) is 24.3 Å². The topological polar surface area (TPSA) is 78.9 Å². The maximum atomic E-state index is 12.4. The first kappa shape index (κ1) is 15.5. The van der Waals surface area contributed by atoms with Crippen LogP contribution >= 0.6 is 0 Å². The number of nitrogens with zero attached hydrogens (tertiary/aromatic N) is 1. The van der Waals surface area contributed by atoms with Gasteiger partial charge >= 0.3 is 5.97 Å². The van der Waals surface area contributed by atoms with Gasteiger partial charge in [-0.05, 0) is 19.1 Å². The third-order valence-electron chi connectivity index (χ3n) is 3.35. The van der Waals surface area contributed by atoms with E-state index in [1.54, 1.807) is 12.1 Å². The molecule has 6 heteroatoms. The molecule has 21 heavy (non-hydrogen) atoms. The van der Waals surface area contributed by atoms with Gasteiger partial charge in [-0.1, -0.05) is 17.7 Å². The zero-order chi connectivity index (χ0) is 15.2. The first-order valence-corrected chi connectivity index (χ1v) is 6.97. The lowest BCUT2D eigenvalue weighted by atomic mass is 10.1. The van der Waals surface area contributed by atoms with Crippen LogP contribution in [0, 0.1) is 6.92 Å². The molecule has 0 radical (unpaired) electrons. The zero-order valence-electron chi connectivity index (χ0n) is 12.0. The number of hydrogen-bond donors (Lipinski definition) is 2. The number of aryl methyl sites for hydroxylation is 1. The van der Waals surface area contributed by atoms with Crippen molar-refractivity contribution in [2.24, 2.45) is 0 Å². The molecule has 6 nitrogen and oxygen atoms in total. The number of benzene rings is 1. The number of morpholine rings is 1. The van der Waals surface area contributed by atoms with Gasteiger partial charge in [0.1, 0.15) is 6.54 Å². The second-order valence-electron chi connectivity index (χ2n) is 5.11. The van der Waals surface area contributed by atoms with E-state index < -0.39 is 5.97 Å². The number of carboxylic acid groups (broad SMARTS) is 1. The maximum Gasteiger partial charge on any atom is 0.323 e. The molecule has 1 unspecified atom stereocenters. The summed E-state index contributed by atoms with van der Waals surface area (Å²) in [4.78, 5) is 24.7. The van der Waals surface area contributed by atoms with E-state index in [1.807, 2.05) is 19.1 Å². The van der Waals surface area contributed by atoms with Crippen molar-refractivity contribution in [3.05, 3.63) is 29.8 Å². The highest BCUT2D eigenvalue weighted by molar-refractivity contribution is 5.97. The Morgan fingerprint density at radius 1 is 1.38 bits per heavy atom. The number of nitrogens with one attached hydrogen (secondary N) is 1. The maximum absolute atomic E-state index is 12.4. The average molecular weight is 292 g/mol. The van der Waals surface area contributed by atoms with E-state index in [0.717, 1.165) is 12.1 Å². The van der Waals surface area contributed by atoms with E-state index in [4.69, 9.17) is 9.84 Å². The Hall–Kier alpha value is -1.92. The summed E-state index contributed by atoms with van der Waals surface area (Å²) in [6.07, 6.45) is -0.0262. The third kappa shape index (κ3) is 4.54. The molecule has 1 heterocycles. The van der Waals surface area contributed by atoms with Crippen molar-refractivity contribution in [3.63, 3.8) is 0 Å². The highest BCUT2D eigenvalue weighted by Gasteiger charge is 2.24. The van der Waals surface area contributed by atoms with Crippen molar-refractivity contribution >= 4 is 17.6 Å². The molecular formula is C15H20N2O4. The van der Waals surface area contributed by atoms with E-state index in [-0.39, 0.29) is 25.0 Å². The van der Waals surface area contributed by atoms with Crippen molar-refractivity contribution in [1.82, 2.24) is 5.32 Å². The first-order valence-electron chi connectivity index (χ1n) is 6.97. The minimum atomic E-state index is -1.04. The van der Waals surface area contributed by atoms with Gasteiger partial charge in [-0.15, -0.1) is 0 Å². The Kier molecular flexibility index (Phi) is 5.30. The third-order valence-corrected chi connectivity index (χ3v) is 3.35. The van der Waals surface area contributed by atoms with Crippen LogP contribution in [0.4, 0.5) is 5.69 Å². The van der Waals surface area contributed by atoms with Crippen molar-refractivity contribution in [1.29, 1.82) is 0 Å². The molecule has 1 aromatic carbocycles. The fourth-order valence-electron chi connectivity index (χ4n) is 2.24. The molecule has 0 bridgehead atoms. The van der Waals surface area contributed by atoms with Crippen molar-refractivity contribution in [2.75, 3.05) is 31.1 Å². The van der Waals surface area contributed by atoms with Crippen LogP contribution in [0.2, 0.25) is 0 Å². The second kappa shape index (κ2) is 7.19. The van der Waals surface area contributed by atoms with Crippen molar-refractivity contribution in [3.8, 4) is 0 Å². The van der Waals surface area contributed by atoms with Gasteiger partial charge < -0.3 is 20.1 Å². The SMILES string of the molecule is Cc1ccc(N(CC(=O)O)C(=O)CC2CNCCO2)cc1.